The van der Waals surface area contributed by atoms with Gasteiger partial charge in [0.05, 0.1) is 23.9 Å². The second-order valence-corrected chi connectivity index (χ2v) is 5.31. The maximum Gasteiger partial charge on any atom is 0.227 e. The fraction of sp³-hybridized carbons (Fsp3) is 0.333. The summed E-state index contributed by atoms with van der Waals surface area (Å²) in [7, 11) is 0. The van der Waals surface area contributed by atoms with Crippen molar-refractivity contribution in [1.29, 1.82) is 0 Å². The molecule has 1 saturated heterocycles. The fourth-order valence-electron chi connectivity index (χ4n) is 2.22. The number of anilines is 3. The molecule has 0 saturated carbocycles. The van der Waals surface area contributed by atoms with Gasteiger partial charge in [-0.3, -0.25) is 0 Å². The van der Waals surface area contributed by atoms with Gasteiger partial charge in [0.25, 0.3) is 0 Å². The number of benzene rings is 1. The molecule has 0 aliphatic carbocycles. The van der Waals surface area contributed by atoms with E-state index in [1.54, 1.807) is 0 Å². The Morgan fingerprint density at radius 1 is 1.19 bits per heavy atom. The first-order chi connectivity index (χ1) is 10.2. The van der Waals surface area contributed by atoms with Crippen LogP contribution in [-0.4, -0.2) is 36.3 Å². The second-order valence-electron chi connectivity index (χ2n) is 4.90. The van der Waals surface area contributed by atoms with Crippen LogP contribution in [0.25, 0.3) is 0 Å². The number of para-hydroxylation sites is 1. The van der Waals surface area contributed by atoms with Gasteiger partial charge in [0.1, 0.15) is 5.82 Å². The normalized spacial score (nSPS) is 15.0. The Morgan fingerprint density at radius 2 is 1.95 bits per heavy atom. The Bertz CT molecular complexity index is 629. The molecule has 3 rings (SSSR count). The summed E-state index contributed by atoms with van der Waals surface area (Å²) in [6.45, 7) is 5.02. The van der Waals surface area contributed by atoms with E-state index in [0.29, 0.717) is 18.2 Å². The third kappa shape index (κ3) is 3.43. The van der Waals surface area contributed by atoms with Gasteiger partial charge < -0.3 is 15.0 Å². The van der Waals surface area contributed by atoms with Crippen LogP contribution < -0.4 is 10.2 Å². The van der Waals surface area contributed by atoms with Crippen molar-refractivity contribution in [2.24, 2.45) is 0 Å². The summed E-state index contributed by atoms with van der Waals surface area (Å²) in [5.41, 5.74) is 1.76. The van der Waals surface area contributed by atoms with Gasteiger partial charge >= 0.3 is 0 Å². The summed E-state index contributed by atoms with van der Waals surface area (Å²) in [6.07, 6.45) is 0. The van der Waals surface area contributed by atoms with E-state index in [2.05, 4.69) is 20.2 Å². The Labute approximate surface area is 128 Å². The zero-order chi connectivity index (χ0) is 14.7. The Kier molecular flexibility index (Phi) is 4.22. The molecule has 0 amide bonds. The molecule has 2 heterocycles. The van der Waals surface area contributed by atoms with Crippen LogP contribution in [0.1, 0.15) is 5.69 Å². The van der Waals surface area contributed by atoms with Crippen molar-refractivity contribution in [3.8, 4) is 0 Å². The standard InChI is InChI=1S/C15H17ClN4O/c1-11-10-14(18-13-5-3-2-4-12(13)16)19-15(17-11)20-6-8-21-9-7-20/h2-5,10H,6-9H2,1H3,(H,17,18,19). The quantitative estimate of drug-likeness (QED) is 0.944. The van der Waals surface area contributed by atoms with Crippen molar-refractivity contribution in [2.45, 2.75) is 6.92 Å². The van der Waals surface area contributed by atoms with Gasteiger partial charge in [-0.05, 0) is 19.1 Å². The zero-order valence-corrected chi connectivity index (χ0v) is 12.6. The van der Waals surface area contributed by atoms with E-state index in [0.717, 1.165) is 36.2 Å². The number of rotatable bonds is 3. The lowest BCUT2D eigenvalue weighted by atomic mass is 10.3. The van der Waals surface area contributed by atoms with Crippen LogP contribution in [0.5, 0.6) is 0 Å². The average molecular weight is 305 g/mol. The van der Waals surface area contributed by atoms with E-state index in [9.17, 15) is 0 Å². The van der Waals surface area contributed by atoms with Gasteiger partial charge in [-0.1, -0.05) is 23.7 Å². The maximum atomic E-state index is 6.17. The van der Waals surface area contributed by atoms with E-state index < -0.39 is 0 Å². The molecule has 0 atom stereocenters. The molecule has 1 aromatic heterocycles. The third-order valence-corrected chi connectivity index (χ3v) is 3.60. The minimum atomic E-state index is 0.668. The molecule has 0 radical (unpaired) electrons. The van der Waals surface area contributed by atoms with Crippen LogP contribution in [0.4, 0.5) is 17.5 Å². The highest BCUT2D eigenvalue weighted by molar-refractivity contribution is 6.33. The molecule has 1 aliphatic heterocycles. The van der Waals surface area contributed by atoms with Crippen molar-refractivity contribution in [1.82, 2.24) is 9.97 Å². The minimum absolute atomic E-state index is 0.668. The molecule has 1 aliphatic rings. The number of aromatic nitrogens is 2. The number of ether oxygens (including phenoxy) is 1. The molecule has 110 valence electrons. The number of halogens is 1. The largest absolute Gasteiger partial charge is 0.378 e. The maximum absolute atomic E-state index is 6.17. The van der Waals surface area contributed by atoms with Crippen LogP contribution >= 0.6 is 11.6 Å². The SMILES string of the molecule is Cc1cc(Nc2ccccc2Cl)nc(N2CCOCC2)n1. The van der Waals surface area contributed by atoms with Gasteiger partial charge in [0.2, 0.25) is 5.95 Å². The second kappa shape index (κ2) is 6.28. The molecule has 21 heavy (non-hydrogen) atoms. The molecular weight excluding hydrogens is 288 g/mol. The molecule has 0 unspecified atom stereocenters. The van der Waals surface area contributed by atoms with E-state index >= 15 is 0 Å². The van der Waals surface area contributed by atoms with Crippen LogP contribution in [0.2, 0.25) is 5.02 Å². The summed E-state index contributed by atoms with van der Waals surface area (Å²) in [5.74, 6) is 1.48. The summed E-state index contributed by atoms with van der Waals surface area (Å²) in [5, 5.41) is 3.92. The van der Waals surface area contributed by atoms with Gasteiger partial charge in [0, 0.05) is 24.8 Å². The minimum Gasteiger partial charge on any atom is -0.378 e. The summed E-state index contributed by atoms with van der Waals surface area (Å²) < 4.78 is 5.36. The molecule has 0 spiro atoms. The Balaban J connectivity index is 1.85. The molecule has 1 fully saturated rings. The number of nitrogens with zero attached hydrogens (tertiary/aromatic N) is 3. The van der Waals surface area contributed by atoms with Gasteiger partial charge in [-0.25, -0.2) is 4.98 Å². The zero-order valence-electron chi connectivity index (χ0n) is 11.8. The smallest absolute Gasteiger partial charge is 0.227 e. The lowest BCUT2D eigenvalue weighted by molar-refractivity contribution is 0.122. The first kappa shape index (κ1) is 14.1. The number of aryl methyl sites for hydroxylation is 1. The highest BCUT2D eigenvalue weighted by Crippen LogP contribution is 2.25. The third-order valence-electron chi connectivity index (χ3n) is 3.27. The van der Waals surface area contributed by atoms with E-state index in [-0.39, 0.29) is 0 Å². The molecule has 1 N–H and O–H groups in total. The topological polar surface area (TPSA) is 50.3 Å². The number of hydrogen-bond donors (Lipinski definition) is 1. The van der Waals surface area contributed by atoms with Crippen LogP contribution in [0.3, 0.4) is 0 Å². The molecule has 2 aromatic rings. The summed E-state index contributed by atoms with van der Waals surface area (Å²) in [6, 6.07) is 9.52. The molecule has 1 aromatic carbocycles. The Hall–Kier alpha value is -1.85. The highest BCUT2D eigenvalue weighted by Gasteiger charge is 2.15. The van der Waals surface area contributed by atoms with Gasteiger partial charge in [-0.15, -0.1) is 0 Å². The molecular formula is C15H17ClN4O. The van der Waals surface area contributed by atoms with Gasteiger partial charge in [-0.2, -0.15) is 4.98 Å². The molecule has 5 nitrogen and oxygen atoms in total. The van der Waals surface area contributed by atoms with Crippen LogP contribution in [-0.2, 0) is 4.74 Å². The number of hydrogen-bond acceptors (Lipinski definition) is 5. The summed E-state index contributed by atoms with van der Waals surface area (Å²) in [4.78, 5) is 11.2. The fourth-order valence-corrected chi connectivity index (χ4v) is 2.41. The molecule has 6 heteroatoms. The first-order valence-electron chi connectivity index (χ1n) is 6.92. The van der Waals surface area contributed by atoms with Crippen molar-refractivity contribution in [2.75, 3.05) is 36.5 Å². The van der Waals surface area contributed by atoms with Crippen molar-refractivity contribution in [3.63, 3.8) is 0 Å². The van der Waals surface area contributed by atoms with Crippen molar-refractivity contribution >= 4 is 29.1 Å². The van der Waals surface area contributed by atoms with E-state index in [1.165, 1.54) is 0 Å². The monoisotopic (exact) mass is 304 g/mol. The highest BCUT2D eigenvalue weighted by atomic mass is 35.5. The lowest BCUT2D eigenvalue weighted by Gasteiger charge is -2.27. The summed E-state index contributed by atoms with van der Waals surface area (Å²) >= 11 is 6.17. The first-order valence-corrected chi connectivity index (χ1v) is 7.30. The predicted molar refractivity (Wildman–Crippen MR) is 84.5 cm³/mol. The Morgan fingerprint density at radius 3 is 2.71 bits per heavy atom. The van der Waals surface area contributed by atoms with Crippen LogP contribution in [0.15, 0.2) is 30.3 Å². The molecule has 0 bridgehead atoms. The van der Waals surface area contributed by atoms with Gasteiger partial charge in [0.15, 0.2) is 0 Å². The van der Waals surface area contributed by atoms with E-state index in [1.807, 2.05) is 37.3 Å². The lowest BCUT2D eigenvalue weighted by Crippen LogP contribution is -2.37. The number of nitrogens with one attached hydrogen (secondary N) is 1. The van der Waals surface area contributed by atoms with Crippen molar-refractivity contribution in [3.05, 3.63) is 41.0 Å². The van der Waals surface area contributed by atoms with E-state index in [4.69, 9.17) is 16.3 Å². The predicted octanol–water partition coefficient (Wildman–Crippen LogP) is 3.02. The average Bonchev–Trinajstić information content (AvgIpc) is 2.50. The van der Waals surface area contributed by atoms with Crippen molar-refractivity contribution < 1.29 is 4.74 Å². The number of morpholine rings is 1. The van der Waals surface area contributed by atoms with Crippen LogP contribution in [0, 0.1) is 6.92 Å².